The quantitative estimate of drug-likeness (QED) is 0.407. The molecule has 0 spiro atoms. The average Bonchev–Trinajstić information content (AvgIpc) is 2.15. The van der Waals surface area contributed by atoms with Crippen molar-refractivity contribution in [3.05, 3.63) is 23.3 Å². The molecular weight excluding hydrogens is 206 g/mol. The molecule has 0 aromatic rings. The zero-order valence-electron chi connectivity index (χ0n) is 9.90. The number of hydrogen-bond donors (Lipinski definition) is 0. The molecule has 0 saturated carbocycles. The average molecular weight is 221 g/mol. The first-order valence-electron chi connectivity index (χ1n) is 5.12. The molecule has 0 N–H and O–H groups in total. The van der Waals surface area contributed by atoms with Crippen molar-refractivity contribution >= 4 is 17.5 Å². The first-order valence-corrected chi connectivity index (χ1v) is 5.12. The number of rotatable bonds is 2. The number of nitrogens with zero attached hydrogens (tertiary/aromatic N) is 1. The van der Waals surface area contributed by atoms with Crippen LogP contribution in [0.15, 0.2) is 28.5 Å². The maximum absolute atomic E-state index is 11.6. The van der Waals surface area contributed by atoms with Crippen LogP contribution >= 0.6 is 0 Å². The molecule has 1 aliphatic carbocycles. The minimum absolute atomic E-state index is 0.00530. The Morgan fingerprint density at radius 2 is 2.00 bits per heavy atom. The molecule has 86 valence electrons. The van der Waals surface area contributed by atoms with Crippen molar-refractivity contribution in [2.45, 2.75) is 27.7 Å². The van der Waals surface area contributed by atoms with E-state index in [1.165, 1.54) is 13.0 Å². The summed E-state index contributed by atoms with van der Waals surface area (Å²) < 4.78 is 0. The Kier molecular flexibility index (Phi) is 3.77. The summed E-state index contributed by atoms with van der Waals surface area (Å²) in [5.74, 6) is -0.356. The molecule has 0 aromatic heterocycles. The minimum atomic E-state index is -0.475. The van der Waals surface area contributed by atoms with E-state index in [0.29, 0.717) is 16.9 Å². The van der Waals surface area contributed by atoms with Gasteiger partial charge in [0.2, 0.25) is 0 Å². The highest BCUT2D eigenvalue weighted by molar-refractivity contribution is 6.21. The van der Waals surface area contributed by atoms with E-state index in [1.54, 1.807) is 13.0 Å². The van der Waals surface area contributed by atoms with Gasteiger partial charge in [0.15, 0.2) is 5.78 Å². The molecule has 0 heterocycles. The number of oxime groups is 1. The van der Waals surface area contributed by atoms with Crippen LogP contribution in [0.5, 0.6) is 0 Å². The Hall–Kier alpha value is -1.71. The Balaban J connectivity index is 3.01. The summed E-state index contributed by atoms with van der Waals surface area (Å²) in [5, 5.41) is 3.70. The van der Waals surface area contributed by atoms with Crippen molar-refractivity contribution in [3.8, 4) is 0 Å². The summed E-state index contributed by atoms with van der Waals surface area (Å²) in [6.45, 7) is 6.90. The van der Waals surface area contributed by atoms with Crippen molar-refractivity contribution in [1.82, 2.24) is 0 Å². The van der Waals surface area contributed by atoms with Gasteiger partial charge in [0.1, 0.15) is 5.71 Å². The molecule has 0 amide bonds. The lowest BCUT2D eigenvalue weighted by Crippen LogP contribution is -2.16. The molecule has 0 bridgehead atoms. The molecule has 16 heavy (non-hydrogen) atoms. The van der Waals surface area contributed by atoms with Gasteiger partial charge in [0.05, 0.1) is 0 Å². The second kappa shape index (κ2) is 4.88. The van der Waals surface area contributed by atoms with Gasteiger partial charge in [-0.25, -0.2) is 4.79 Å². The van der Waals surface area contributed by atoms with E-state index in [9.17, 15) is 9.59 Å². The molecular formula is C12H15NO3. The lowest BCUT2D eigenvalue weighted by molar-refractivity contribution is -0.140. The molecule has 0 fully saturated rings. The molecule has 0 saturated heterocycles. The summed E-state index contributed by atoms with van der Waals surface area (Å²) in [6.07, 6.45) is 3.18. The summed E-state index contributed by atoms with van der Waals surface area (Å²) in [5.41, 5.74) is 1.91. The first-order chi connectivity index (χ1) is 7.41. The highest BCUT2D eigenvalue weighted by Crippen LogP contribution is 2.19. The second-order valence-corrected chi connectivity index (χ2v) is 4.01. The third-order valence-corrected chi connectivity index (χ3v) is 2.22. The molecule has 1 aliphatic rings. The van der Waals surface area contributed by atoms with Crippen LogP contribution in [-0.4, -0.2) is 17.5 Å². The third kappa shape index (κ3) is 2.89. The van der Waals surface area contributed by atoms with E-state index in [4.69, 9.17) is 0 Å². The zero-order valence-corrected chi connectivity index (χ0v) is 9.90. The van der Waals surface area contributed by atoms with E-state index in [2.05, 4.69) is 9.99 Å². The van der Waals surface area contributed by atoms with E-state index in [0.717, 1.165) is 0 Å². The van der Waals surface area contributed by atoms with Crippen LogP contribution in [0.3, 0.4) is 0 Å². The van der Waals surface area contributed by atoms with Gasteiger partial charge in [-0.1, -0.05) is 19.0 Å². The van der Waals surface area contributed by atoms with Crippen molar-refractivity contribution in [2.24, 2.45) is 11.1 Å². The fourth-order valence-electron chi connectivity index (χ4n) is 1.35. The normalized spacial score (nSPS) is 18.6. The number of carbonyl (C=O) groups is 2. The van der Waals surface area contributed by atoms with Crippen molar-refractivity contribution in [2.75, 3.05) is 0 Å². The van der Waals surface area contributed by atoms with Gasteiger partial charge in [0, 0.05) is 12.5 Å². The number of hydrogen-bond acceptors (Lipinski definition) is 4. The van der Waals surface area contributed by atoms with Gasteiger partial charge in [-0.3, -0.25) is 4.79 Å². The fraction of sp³-hybridized carbons (Fsp3) is 0.417. The van der Waals surface area contributed by atoms with Crippen LogP contribution in [-0.2, 0) is 14.4 Å². The monoisotopic (exact) mass is 221 g/mol. The topological polar surface area (TPSA) is 55.7 Å². The SMILES string of the molecule is CC(=O)O/N=C1/C=C(C(C)C)C(=O)C=C1C. The van der Waals surface area contributed by atoms with Crippen LogP contribution in [0.1, 0.15) is 27.7 Å². The maximum Gasteiger partial charge on any atom is 0.332 e. The summed E-state index contributed by atoms with van der Waals surface area (Å²) in [6, 6.07) is 0. The van der Waals surface area contributed by atoms with Gasteiger partial charge in [-0.05, 0) is 30.6 Å². The molecule has 0 aromatic carbocycles. The maximum atomic E-state index is 11.6. The van der Waals surface area contributed by atoms with E-state index in [1.807, 2.05) is 13.8 Å². The van der Waals surface area contributed by atoms with Gasteiger partial charge >= 0.3 is 5.97 Å². The third-order valence-electron chi connectivity index (χ3n) is 2.22. The largest absolute Gasteiger partial charge is 0.332 e. The van der Waals surface area contributed by atoms with E-state index in [-0.39, 0.29) is 11.7 Å². The van der Waals surface area contributed by atoms with Crippen LogP contribution < -0.4 is 0 Å². The van der Waals surface area contributed by atoms with Crippen LogP contribution in [0.2, 0.25) is 0 Å². The van der Waals surface area contributed by atoms with Crippen molar-refractivity contribution in [1.29, 1.82) is 0 Å². The Morgan fingerprint density at radius 1 is 1.38 bits per heavy atom. The number of carbonyl (C=O) groups excluding carboxylic acids is 2. The van der Waals surface area contributed by atoms with Gasteiger partial charge in [-0.15, -0.1) is 0 Å². The van der Waals surface area contributed by atoms with Gasteiger partial charge < -0.3 is 4.84 Å². The smallest absolute Gasteiger partial charge is 0.318 e. The molecule has 1 rings (SSSR count). The Morgan fingerprint density at radius 3 is 2.50 bits per heavy atom. The van der Waals surface area contributed by atoms with Crippen LogP contribution in [0, 0.1) is 5.92 Å². The Bertz CT molecular complexity index is 414. The molecule has 4 heteroatoms. The molecule has 0 radical (unpaired) electrons. The summed E-state index contributed by atoms with van der Waals surface area (Å²) >= 11 is 0. The highest BCUT2D eigenvalue weighted by atomic mass is 16.7. The number of allylic oxidation sites excluding steroid dienone is 4. The van der Waals surface area contributed by atoms with Crippen molar-refractivity contribution in [3.63, 3.8) is 0 Å². The van der Waals surface area contributed by atoms with Crippen molar-refractivity contribution < 1.29 is 14.4 Å². The Labute approximate surface area is 94.7 Å². The van der Waals surface area contributed by atoms with Gasteiger partial charge in [-0.2, -0.15) is 0 Å². The van der Waals surface area contributed by atoms with Crippen LogP contribution in [0.25, 0.3) is 0 Å². The van der Waals surface area contributed by atoms with E-state index < -0.39 is 5.97 Å². The predicted molar refractivity (Wildman–Crippen MR) is 60.9 cm³/mol. The predicted octanol–water partition coefficient (Wildman–Crippen LogP) is 2.02. The van der Waals surface area contributed by atoms with Gasteiger partial charge in [0.25, 0.3) is 0 Å². The standard InChI is InChI=1S/C12H15NO3/c1-7(2)10-6-11(13-16-9(4)14)8(3)5-12(10)15/h5-7H,1-4H3/b13-11-. The fourth-order valence-corrected chi connectivity index (χ4v) is 1.35. The summed E-state index contributed by atoms with van der Waals surface area (Å²) in [7, 11) is 0. The van der Waals surface area contributed by atoms with Crippen LogP contribution in [0.4, 0.5) is 0 Å². The summed E-state index contributed by atoms with van der Waals surface area (Å²) in [4.78, 5) is 26.8. The number of ketones is 1. The lowest BCUT2D eigenvalue weighted by Gasteiger charge is -2.14. The first kappa shape index (κ1) is 12.4. The minimum Gasteiger partial charge on any atom is -0.318 e. The zero-order chi connectivity index (χ0) is 12.3. The molecule has 0 aliphatic heterocycles. The highest BCUT2D eigenvalue weighted by Gasteiger charge is 2.19. The molecule has 0 unspecified atom stereocenters. The molecule has 4 nitrogen and oxygen atoms in total. The van der Waals surface area contributed by atoms with E-state index >= 15 is 0 Å². The lowest BCUT2D eigenvalue weighted by atomic mass is 9.90. The second-order valence-electron chi connectivity index (χ2n) is 4.01. The molecule has 0 atom stereocenters.